The first-order valence-corrected chi connectivity index (χ1v) is 7.98. The lowest BCUT2D eigenvalue weighted by molar-refractivity contribution is -0.120. The molecule has 0 heterocycles. The summed E-state index contributed by atoms with van der Waals surface area (Å²) in [6, 6.07) is 14.8. The first-order valence-electron chi connectivity index (χ1n) is 6.82. The van der Waals surface area contributed by atoms with Crippen LogP contribution in [0.4, 0.5) is 0 Å². The van der Waals surface area contributed by atoms with Crippen LogP contribution in [0.1, 0.15) is 12.0 Å². The molecule has 106 valence electrons. The molecule has 0 aromatic heterocycles. The molecule has 0 atom stereocenters. The Morgan fingerprint density at radius 3 is 2.80 bits per heavy atom. The number of rotatable bonds is 7. The van der Waals surface area contributed by atoms with E-state index in [1.165, 1.54) is 16.3 Å². The minimum atomic E-state index is 0.0401. The summed E-state index contributed by atoms with van der Waals surface area (Å²) >= 11 is 1.84. The largest absolute Gasteiger partial charge is 0.355 e. The van der Waals surface area contributed by atoms with Crippen LogP contribution in [0.2, 0.25) is 0 Å². The molecule has 0 aliphatic heterocycles. The molecule has 3 N–H and O–H groups in total. The predicted octanol–water partition coefficient (Wildman–Crippen LogP) is 2.54. The molecule has 2 aromatic carbocycles. The third-order valence-corrected chi connectivity index (χ3v) is 4.09. The molecular weight excluding hydrogens is 268 g/mol. The lowest BCUT2D eigenvalue weighted by Crippen LogP contribution is -2.27. The fraction of sp³-hybridized carbons (Fsp3) is 0.312. The summed E-state index contributed by atoms with van der Waals surface area (Å²) in [5.41, 5.74) is 6.67. The van der Waals surface area contributed by atoms with Crippen LogP contribution in [0.15, 0.2) is 42.5 Å². The van der Waals surface area contributed by atoms with Crippen LogP contribution >= 0.6 is 11.8 Å². The van der Waals surface area contributed by atoms with Crippen molar-refractivity contribution in [1.82, 2.24) is 5.32 Å². The van der Waals surface area contributed by atoms with Crippen LogP contribution in [0.25, 0.3) is 10.8 Å². The van der Waals surface area contributed by atoms with E-state index in [0.717, 1.165) is 11.5 Å². The molecule has 0 unspecified atom stereocenters. The van der Waals surface area contributed by atoms with E-state index in [-0.39, 0.29) is 5.91 Å². The van der Waals surface area contributed by atoms with Gasteiger partial charge in [-0.15, -0.1) is 0 Å². The van der Waals surface area contributed by atoms with Crippen LogP contribution < -0.4 is 11.1 Å². The van der Waals surface area contributed by atoms with Crippen molar-refractivity contribution in [1.29, 1.82) is 0 Å². The van der Waals surface area contributed by atoms with Gasteiger partial charge in [0.1, 0.15) is 0 Å². The maximum atomic E-state index is 11.3. The second-order valence-corrected chi connectivity index (χ2v) is 5.68. The highest BCUT2D eigenvalue weighted by atomic mass is 32.2. The van der Waals surface area contributed by atoms with Gasteiger partial charge < -0.3 is 11.1 Å². The summed E-state index contributed by atoms with van der Waals surface area (Å²) < 4.78 is 0. The van der Waals surface area contributed by atoms with Crippen molar-refractivity contribution in [3.05, 3.63) is 48.0 Å². The lowest BCUT2D eigenvalue weighted by atomic mass is 10.1. The number of thioether (sulfide) groups is 1. The first-order chi connectivity index (χ1) is 9.81. The molecule has 0 spiro atoms. The molecule has 0 radical (unpaired) electrons. The van der Waals surface area contributed by atoms with E-state index in [4.69, 9.17) is 5.73 Å². The number of carbonyl (C=O) groups is 1. The van der Waals surface area contributed by atoms with Crippen LogP contribution in [0, 0.1) is 0 Å². The lowest BCUT2D eigenvalue weighted by Gasteiger charge is -2.07. The van der Waals surface area contributed by atoms with Crippen molar-refractivity contribution in [3.63, 3.8) is 0 Å². The molecule has 0 aliphatic carbocycles. The molecule has 3 nitrogen and oxygen atoms in total. The number of fused-ring (bicyclic) bond motifs is 1. The van der Waals surface area contributed by atoms with Crippen molar-refractivity contribution in [2.75, 3.05) is 18.8 Å². The molecule has 2 rings (SSSR count). The van der Waals surface area contributed by atoms with E-state index in [1.807, 2.05) is 11.8 Å². The van der Waals surface area contributed by atoms with Crippen molar-refractivity contribution < 1.29 is 4.79 Å². The monoisotopic (exact) mass is 288 g/mol. The SMILES string of the molecule is NCCC(=O)NCCSCc1cccc2ccccc12. The standard InChI is InChI=1S/C16H20N2OS/c17-9-8-16(19)18-10-11-20-12-14-6-3-5-13-4-1-2-7-15(13)14/h1-7H,8-12,17H2,(H,18,19). The Balaban J connectivity index is 1.80. The Bertz CT molecular complexity index is 566. The molecule has 1 amide bonds. The van der Waals surface area contributed by atoms with Gasteiger partial charge in [-0.1, -0.05) is 42.5 Å². The average Bonchev–Trinajstić information content (AvgIpc) is 2.47. The van der Waals surface area contributed by atoms with E-state index in [1.54, 1.807) is 0 Å². The molecule has 2 aromatic rings. The minimum Gasteiger partial charge on any atom is -0.355 e. The summed E-state index contributed by atoms with van der Waals surface area (Å²) in [6.45, 7) is 1.11. The maximum absolute atomic E-state index is 11.3. The Kier molecular flexibility index (Phi) is 5.89. The fourth-order valence-corrected chi connectivity index (χ4v) is 2.94. The van der Waals surface area contributed by atoms with E-state index < -0.39 is 0 Å². The van der Waals surface area contributed by atoms with Crippen LogP contribution in [-0.2, 0) is 10.5 Å². The van der Waals surface area contributed by atoms with E-state index >= 15 is 0 Å². The molecule has 20 heavy (non-hydrogen) atoms. The quantitative estimate of drug-likeness (QED) is 0.770. The van der Waals surface area contributed by atoms with Gasteiger partial charge >= 0.3 is 0 Å². The van der Waals surface area contributed by atoms with Gasteiger partial charge in [0, 0.05) is 31.0 Å². The van der Waals surface area contributed by atoms with Crippen LogP contribution in [0.5, 0.6) is 0 Å². The van der Waals surface area contributed by atoms with Gasteiger partial charge in [-0.25, -0.2) is 0 Å². The van der Waals surface area contributed by atoms with E-state index in [2.05, 4.69) is 47.8 Å². The molecule has 0 saturated carbocycles. The Labute approximate surface area is 123 Å². The third kappa shape index (κ3) is 4.25. The van der Waals surface area contributed by atoms with Crippen molar-refractivity contribution >= 4 is 28.4 Å². The highest BCUT2D eigenvalue weighted by Gasteiger charge is 2.01. The normalized spacial score (nSPS) is 10.7. The van der Waals surface area contributed by atoms with E-state index in [9.17, 15) is 4.79 Å². The number of amides is 1. The number of hydrogen-bond donors (Lipinski definition) is 2. The van der Waals surface area contributed by atoms with Gasteiger partial charge in [0.05, 0.1) is 0 Å². The van der Waals surface area contributed by atoms with Crippen molar-refractivity contribution in [2.45, 2.75) is 12.2 Å². The Morgan fingerprint density at radius 1 is 1.15 bits per heavy atom. The second kappa shape index (κ2) is 7.92. The van der Waals surface area contributed by atoms with Gasteiger partial charge in [-0.3, -0.25) is 4.79 Å². The molecular formula is C16H20N2OS. The molecule has 0 bridgehead atoms. The topological polar surface area (TPSA) is 55.1 Å². The molecule has 0 saturated heterocycles. The predicted molar refractivity (Wildman–Crippen MR) is 86.8 cm³/mol. The molecule has 0 aliphatic rings. The van der Waals surface area contributed by atoms with Crippen molar-refractivity contribution in [2.24, 2.45) is 5.73 Å². The zero-order valence-corrected chi connectivity index (χ0v) is 12.3. The Morgan fingerprint density at radius 2 is 1.95 bits per heavy atom. The Hall–Kier alpha value is -1.52. The number of nitrogens with one attached hydrogen (secondary N) is 1. The van der Waals surface area contributed by atoms with Gasteiger partial charge in [0.15, 0.2) is 0 Å². The number of nitrogens with two attached hydrogens (primary N) is 1. The summed E-state index contributed by atoms with van der Waals surface area (Å²) in [7, 11) is 0. The second-order valence-electron chi connectivity index (χ2n) is 4.58. The number of hydrogen-bond acceptors (Lipinski definition) is 3. The summed E-state index contributed by atoms with van der Waals surface area (Å²) in [5, 5.41) is 5.46. The van der Waals surface area contributed by atoms with Gasteiger partial charge in [0.25, 0.3) is 0 Å². The van der Waals surface area contributed by atoms with E-state index in [0.29, 0.717) is 19.5 Å². The highest BCUT2D eigenvalue weighted by molar-refractivity contribution is 7.98. The summed E-state index contributed by atoms with van der Waals surface area (Å²) in [6.07, 6.45) is 0.411. The van der Waals surface area contributed by atoms with Gasteiger partial charge in [-0.2, -0.15) is 11.8 Å². The molecule has 4 heteroatoms. The first kappa shape index (κ1) is 14.9. The van der Waals surface area contributed by atoms with Crippen molar-refractivity contribution in [3.8, 4) is 0 Å². The zero-order valence-electron chi connectivity index (χ0n) is 11.5. The maximum Gasteiger partial charge on any atom is 0.221 e. The summed E-state index contributed by atoms with van der Waals surface area (Å²) in [4.78, 5) is 11.3. The smallest absolute Gasteiger partial charge is 0.221 e. The van der Waals surface area contributed by atoms with Crippen LogP contribution in [-0.4, -0.2) is 24.7 Å². The van der Waals surface area contributed by atoms with Gasteiger partial charge in [0.2, 0.25) is 5.91 Å². The van der Waals surface area contributed by atoms with Gasteiger partial charge in [-0.05, 0) is 16.3 Å². The third-order valence-electron chi connectivity index (χ3n) is 3.08. The number of carbonyl (C=O) groups excluding carboxylic acids is 1. The van der Waals surface area contributed by atoms with Crippen LogP contribution in [0.3, 0.4) is 0 Å². The average molecular weight is 288 g/mol. The minimum absolute atomic E-state index is 0.0401. The molecule has 0 fully saturated rings. The number of benzene rings is 2. The fourth-order valence-electron chi connectivity index (χ4n) is 2.08. The zero-order chi connectivity index (χ0) is 14.2. The highest BCUT2D eigenvalue weighted by Crippen LogP contribution is 2.22. The summed E-state index contributed by atoms with van der Waals surface area (Å²) in [5.74, 6) is 1.92.